The van der Waals surface area contributed by atoms with Crippen LogP contribution in [0.25, 0.3) is 0 Å². The lowest BCUT2D eigenvalue weighted by atomic mass is 10.2. The van der Waals surface area contributed by atoms with Crippen molar-refractivity contribution in [1.82, 2.24) is 15.0 Å². The van der Waals surface area contributed by atoms with Crippen LogP contribution in [0.2, 0.25) is 10.3 Å². The number of pyridine rings is 1. The third-order valence-electron chi connectivity index (χ3n) is 2.68. The van der Waals surface area contributed by atoms with Crippen LogP contribution in [0.4, 0.5) is 24.7 Å². The van der Waals surface area contributed by atoms with Crippen molar-refractivity contribution in [2.45, 2.75) is 11.3 Å². The van der Waals surface area contributed by atoms with Gasteiger partial charge in [0.15, 0.2) is 5.16 Å². The van der Waals surface area contributed by atoms with Crippen LogP contribution in [-0.2, 0) is 6.18 Å². The second-order valence-electron chi connectivity index (χ2n) is 4.27. The van der Waals surface area contributed by atoms with Gasteiger partial charge in [0.2, 0.25) is 0 Å². The molecule has 1 amide bonds. The zero-order chi connectivity index (χ0) is 18.1. The summed E-state index contributed by atoms with van der Waals surface area (Å²) in [7, 11) is 0. The molecular formula is C12H8Cl2F3N5OS. The van der Waals surface area contributed by atoms with Crippen molar-refractivity contribution in [3.05, 3.63) is 33.7 Å². The third kappa shape index (κ3) is 4.00. The first-order valence-electron chi connectivity index (χ1n) is 6.04. The Morgan fingerprint density at radius 1 is 1.29 bits per heavy atom. The highest BCUT2D eigenvalue weighted by Gasteiger charge is 2.34. The number of hydrogen-bond acceptors (Lipinski definition) is 6. The summed E-state index contributed by atoms with van der Waals surface area (Å²) >= 11 is 12.5. The molecule has 6 nitrogen and oxygen atoms in total. The molecule has 2 aromatic heterocycles. The van der Waals surface area contributed by atoms with E-state index in [9.17, 15) is 18.0 Å². The summed E-state index contributed by atoms with van der Waals surface area (Å²) in [5.41, 5.74) is 3.73. The van der Waals surface area contributed by atoms with Crippen LogP contribution >= 0.6 is 35.0 Å². The van der Waals surface area contributed by atoms with Gasteiger partial charge in [-0.2, -0.15) is 13.2 Å². The van der Waals surface area contributed by atoms with Gasteiger partial charge in [-0.1, -0.05) is 35.0 Å². The van der Waals surface area contributed by atoms with E-state index in [4.69, 9.17) is 28.9 Å². The minimum Gasteiger partial charge on any atom is -0.365 e. The molecule has 2 aromatic rings. The molecule has 0 aliphatic rings. The van der Waals surface area contributed by atoms with Crippen LogP contribution in [0.3, 0.4) is 0 Å². The molecule has 2 heterocycles. The lowest BCUT2D eigenvalue weighted by Crippen LogP contribution is -2.16. The van der Waals surface area contributed by atoms with Crippen molar-refractivity contribution in [2.24, 2.45) is 5.73 Å². The number of anilines is 2. The summed E-state index contributed by atoms with van der Waals surface area (Å²) < 4.78 is 38.6. The molecule has 0 atom stereocenters. The predicted molar refractivity (Wildman–Crippen MR) is 84.9 cm³/mol. The molecule has 0 aliphatic heterocycles. The largest absolute Gasteiger partial charge is 0.419 e. The van der Waals surface area contributed by atoms with Crippen molar-refractivity contribution in [3.8, 4) is 0 Å². The molecule has 0 saturated heterocycles. The molecule has 0 aromatic carbocycles. The molecular weight excluding hydrogens is 390 g/mol. The molecule has 128 valence electrons. The Labute approximate surface area is 148 Å². The van der Waals surface area contributed by atoms with E-state index in [1.54, 1.807) is 6.26 Å². The lowest BCUT2D eigenvalue weighted by molar-refractivity contribution is -0.137. The van der Waals surface area contributed by atoms with Gasteiger partial charge in [-0.3, -0.25) is 4.79 Å². The first-order valence-corrected chi connectivity index (χ1v) is 8.02. The highest BCUT2D eigenvalue weighted by Crippen LogP contribution is 2.36. The fourth-order valence-corrected chi connectivity index (χ4v) is 2.55. The second-order valence-corrected chi connectivity index (χ2v) is 5.76. The number of carbonyl (C=O) groups excluding carboxylic acids is 1. The average Bonchev–Trinajstić information content (AvgIpc) is 2.47. The van der Waals surface area contributed by atoms with E-state index in [0.29, 0.717) is 0 Å². The van der Waals surface area contributed by atoms with Crippen molar-refractivity contribution >= 4 is 52.4 Å². The number of nitrogens with two attached hydrogens (primary N) is 1. The summed E-state index contributed by atoms with van der Waals surface area (Å²) in [6.07, 6.45) is -1.98. The number of rotatable bonds is 4. The Morgan fingerprint density at radius 2 is 1.96 bits per heavy atom. The van der Waals surface area contributed by atoms with Crippen molar-refractivity contribution in [2.75, 3.05) is 11.6 Å². The van der Waals surface area contributed by atoms with Crippen LogP contribution in [0.5, 0.6) is 0 Å². The molecule has 0 radical (unpaired) electrons. The van der Waals surface area contributed by atoms with E-state index in [0.717, 1.165) is 24.0 Å². The number of nitrogens with zero attached hydrogens (tertiary/aromatic N) is 3. The van der Waals surface area contributed by atoms with Crippen LogP contribution < -0.4 is 11.1 Å². The van der Waals surface area contributed by atoms with Gasteiger partial charge >= 0.3 is 6.18 Å². The maximum Gasteiger partial charge on any atom is 0.419 e. The van der Waals surface area contributed by atoms with Gasteiger partial charge in [0.05, 0.1) is 17.4 Å². The number of aromatic nitrogens is 3. The number of hydrogen-bond donors (Lipinski definition) is 2. The highest BCUT2D eigenvalue weighted by atomic mass is 35.5. The van der Waals surface area contributed by atoms with E-state index in [1.807, 2.05) is 0 Å². The molecule has 0 saturated carbocycles. The summed E-state index contributed by atoms with van der Waals surface area (Å²) in [6, 6.07) is 0.731. The van der Waals surface area contributed by atoms with Gasteiger partial charge in [-0.05, 0) is 12.3 Å². The van der Waals surface area contributed by atoms with Crippen LogP contribution in [0, 0.1) is 0 Å². The van der Waals surface area contributed by atoms with E-state index >= 15 is 0 Å². The average molecular weight is 398 g/mol. The number of halogens is 5. The SMILES string of the molecule is CSc1nc(Cl)c(C(N)=O)c(Nc2cnc(Cl)c(C(F)(F)F)c2)n1. The highest BCUT2D eigenvalue weighted by molar-refractivity contribution is 7.98. The Hall–Kier alpha value is -1.78. The normalized spacial score (nSPS) is 11.4. The second kappa shape index (κ2) is 6.99. The van der Waals surface area contributed by atoms with Crippen molar-refractivity contribution in [3.63, 3.8) is 0 Å². The smallest absolute Gasteiger partial charge is 0.365 e. The molecule has 0 unspecified atom stereocenters. The number of carbonyl (C=O) groups is 1. The van der Waals surface area contributed by atoms with E-state index < -0.39 is 22.8 Å². The Bertz CT molecular complexity index is 803. The summed E-state index contributed by atoms with van der Waals surface area (Å²) in [4.78, 5) is 22.8. The van der Waals surface area contributed by atoms with Gasteiger partial charge in [0, 0.05) is 0 Å². The molecule has 3 N–H and O–H groups in total. The monoisotopic (exact) mass is 397 g/mol. The molecule has 0 fully saturated rings. The van der Waals surface area contributed by atoms with Crippen LogP contribution in [0.1, 0.15) is 15.9 Å². The summed E-state index contributed by atoms with van der Waals surface area (Å²) in [6.45, 7) is 0. The van der Waals surface area contributed by atoms with Gasteiger partial charge in [0.25, 0.3) is 5.91 Å². The molecule has 0 bridgehead atoms. The molecule has 0 spiro atoms. The number of amides is 1. The first kappa shape index (κ1) is 18.6. The number of nitrogens with one attached hydrogen (secondary N) is 1. The van der Waals surface area contributed by atoms with Gasteiger partial charge in [0.1, 0.15) is 21.7 Å². The van der Waals surface area contributed by atoms with Gasteiger partial charge in [-0.15, -0.1) is 0 Å². The first-order chi connectivity index (χ1) is 11.1. The zero-order valence-corrected chi connectivity index (χ0v) is 14.1. The maximum absolute atomic E-state index is 12.9. The topological polar surface area (TPSA) is 93.8 Å². The number of thioether (sulfide) groups is 1. The van der Waals surface area contributed by atoms with Crippen LogP contribution in [0.15, 0.2) is 17.4 Å². The van der Waals surface area contributed by atoms with Crippen molar-refractivity contribution < 1.29 is 18.0 Å². The maximum atomic E-state index is 12.9. The van der Waals surface area contributed by atoms with Crippen molar-refractivity contribution in [1.29, 1.82) is 0 Å². The molecule has 24 heavy (non-hydrogen) atoms. The fourth-order valence-electron chi connectivity index (χ4n) is 1.67. The van der Waals surface area contributed by atoms with E-state index in [1.165, 1.54) is 0 Å². The fraction of sp³-hybridized carbons (Fsp3) is 0.167. The minimum absolute atomic E-state index is 0.101. The van der Waals surface area contributed by atoms with Crippen LogP contribution in [-0.4, -0.2) is 27.1 Å². The lowest BCUT2D eigenvalue weighted by Gasteiger charge is -2.13. The number of primary amides is 1. The zero-order valence-electron chi connectivity index (χ0n) is 11.8. The Balaban J connectivity index is 2.52. The standard InChI is InChI=1S/C12H8Cl2F3N5OS/c1-24-11-21-8(14)6(9(18)23)10(22-11)20-4-2-5(12(15,16)17)7(13)19-3-4/h2-3H,1H3,(H2,18,23)(H,20,21,22). The summed E-state index contributed by atoms with van der Waals surface area (Å²) in [5, 5.41) is 1.82. The Morgan fingerprint density at radius 3 is 2.50 bits per heavy atom. The quantitative estimate of drug-likeness (QED) is 0.353. The molecule has 12 heteroatoms. The third-order valence-corrected chi connectivity index (χ3v) is 3.80. The van der Waals surface area contributed by atoms with E-state index in [-0.39, 0.29) is 27.4 Å². The predicted octanol–water partition coefficient (Wildman–Crippen LogP) is 3.76. The van der Waals surface area contributed by atoms with Gasteiger partial charge < -0.3 is 11.1 Å². The summed E-state index contributed by atoms with van der Waals surface area (Å²) in [5.74, 6) is -1.07. The van der Waals surface area contributed by atoms with E-state index in [2.05, 4.69) is 20.3 Å². The molecule has 2 rings (SSSR count). The molecule has 0 aliphatic carbocycles. The van der Waals surface area contributed by atoms with Gasteiger partial charge in [-0.25, -0.2) is 15.0 Å². The minimum atomic E-state index is -4.69. The number of alkyl halides is 3. The Kier molecular flexibility index (Phi) is 5.41.